The molecule has 0 N–H and O–H groups in total. The largest absolute Gasteiger partial charge is 0.497 e. The third-order valence-corrected chi connectivity index (χ3v) is 15.9. The van der Waals surface area contributed by atoms with E-state index in [0.717, 1.165) is 22.3 Å². The molecule has 3 saturated heterocycles. The predicted molar refractivity (Wildman–Crippen MR) is 299 cm³/mol. The molecule has 15 heteroatoms. The Labute approximate surface area is 472 Å². The van der Waals surface area contributed by atoms with Crippen molar-refractivity contribution in [2.45, 2.75) is 155 Å². The van der Waals surface area contributed by atoms with Crippen molar-refractivity contribution < 1.29 is 71.2 Å². The fraction of sp³-hybridized carbons (Fsp3) is 0.508. The number of carbonyl (C=O) groups is 2. The summed E-state index contributed by atoms with van der Waals surface area (Å²) < 4.78 is 86.9. The highest BCUT2D eigenvalue weighted by atomic mass is 16.8. The van der Waals surface area contributed by atoms with Crippen molar-refractivity contribution in [3.63, 3.8) is 0 Å². The van der Waals surface area contributed by atoms with Crippen LogP contribution in [0.2, 0.25) is 0 Å². The standard InChI is InChI=1S/C65H82O15/c1-10-54(74-47(7)66)44(4)57-43(3)42(2)35-65(79-57,64(67)69-9)80-59-45(5)55(40-70-36-48-23-15-11-16-24-48)76-63(61(59)73-39-51-29-21-14-22-30-51)78-58-46(6)60(72-38-50-27-19-13-20-28-50)62(75-53-33-31-52(68-8)32-34-53)77-56(58)41-71-37-49-25-17-12-18-26-49/h11-34,42-46,54-63H,10,35-41H2,1-9H3/t42?,43-,44+,45-,46?,54+,55?,56?,57+,58-,59-,60?,61?,62-,63-,65-/m0/s1. The van der Waals surface area contributed by atoms with Gasteiger partial charge in [-0.1, -0.05) is 163 Å². The number of methoxy groups -OCH3 is 2. The van der Waals surface area contributed by atoms with Gasteiger partial charge in [0, 0.05) is 31.1 Å². The van der Waals surface area contributed by atoms with Crippen LogP contribution in [0.15, 0.2) is 146 Å². The van der Waals surface area contributed by atoms with Crippen LogP contribution in [0, 0.1) is 29.6 Å². The van der Waals surface area contributed by atoms with Gasteiger partial charge in [-0.3, -0.25) is 4.79 Å². The fourth-order valence-corrected chi connectivity index (χ4v) is 11.2. The smallest absolute Gasteiger partial charge is 0.366 e. The first-order valence-electron chi connectivity index (χ1n) is 28.2. The summed E-state index contributed by atoms with van der Waals surface area (Å²) >= 11 is 0. The number of esters is 2. The van der Waals surface area contributed by atoms with Crippen LogP contribution in [0.1, 0.15) is 83.6 Å². The minimum Gasteiger partial charge on any atom is -0.497 e. The summed E-state index contributed by atoms with van der Waals surface area (Å²) in [7, 11) is 2.95. The summed E-state index contributed by atoms with van der Waals surface area (Å²) in [5, 5.41) is 0. The molecule has 3 heterocycles. The second-order valence-electron chi connectivity index (χ2n) is 21.6. The molecule has 3 aliphatic heterocycles. The zero-order valence-electron chi connectivity index (χ0n) is 47.8. The second kappa shape index (κ2) is 29.3. The number of hydrogen-bond donors (Lipinski definition) is 0. The Morgan fingerprint density at radius 2 is 1.09 bits per heavy atom. The van der Waals surface area contributed by atoms with Gasteiger partial charge in [-0.15, -0.1) is 0 Å². The minimum absolute atomic E-state index is 0.0631. The lowest BCUT2D eigenvalue weighted by atomic mass is 9.76. The Kier molecular flexibility index (Phi) is 22.1. The number of benzene rings is 5. The van der Waals surface area contributed by atoms with Crippen molar-refractivity contribution in [2.24, 2.45) is 29.6 Å². The van der Waals surface area contributed by atoms with Crippen LogP contribution in [0.3, 0.4) is 0 Å². The molecule has 15 nitrogen and oxygen atoms in total. The van der Waals surface area contributed by atoms with Gasteiger partial charge >= 0.3 is 11.9 Å². The average molecular weight is 1100 g/mol. The van der Waals surface area contributed by atoms with Crippen LogP contribution in [-0.2, 0) is 88.1 Å². The molecular weight excluding hydrogens is 1020 g/mol. The molecule has 0 amide bonds. The first-order valence-corrected chi connectivity index (χ1v) is 28.2. The van der Waals surface area contributed by atoms with Crippen molar-refractivity contribution in [1.29, 1.82) is 0 Å². The summed E-state index contributed by atoms with van der Waals surface area (Å²) in [5.41, 5.74) is 3.84. The monoisotopic (exact) mass is 1100 g/mol. The van der Waals surface area contributed by atoms with E-state index in [9.17, 15) is 9.59 Å². The van der Waals surface area contributed by atoms with E-state index < -0.39 is 91.0 Å². The first-order chi connectivity index (χ1) is 38.8. The Hall–Kier alpha value is -5.72. The highest BCUT2D eigenvalue weighted by Crippen LogP contribution is 2.46. The molecule has 3 aliphatic rings. The van der Waals surface area contributed by atoms with E-state index in [-0.39, 0.29) is 50.6 Å². The van der Waals surface area contributed by atoms with E-state index in [0.29, 0.717) is 31.1 Å². The summed E-state index contributed by atoms with van der Waals surface area (Å²) in [4.78, 5) is 27.2. The molecule has 0 saturated carbocycles. The molecule has 16 atom stereocenters. The van der Waals surface area contributed by atoms with Crippen molar-refractivity contribution in [3.05, 3.63) is 168 Å². The average Bonchev–Trinajstić information content (AvgIpc) is 3.49. The molecule has 6 unspecified atom stereocenters. The number of hydrogen-bond acceptors (Lipinski definition) is 15. The minimum atomic E-state index is -1.93. The number of carbonyl (C=O) groups excluding carboxylic acids is 2. The van der Waals surface area contributed by atoms with E-state index in [1.807, 2.05) is 166 Å². The van der Waals surface area contributed by atoms with E-state index >= 15 is 0 Å². The Morgan fingerprint density at radius 1 is 0.588 bits per heavy atom. The van der Waals surface area contributed by atoms with Gasteiger partial charge in [0.15, 0.2) is 6.29 Å². The molecule has 0 spiro atoms. The zero-order valence-corrected chi connectivity index (χ0v) is 47.8. The van der Waals surface area contributed by atoms with Gasteiger partial charge in [0.25, 0.3) is 5.79 Å². The molecule has 80 heavy (non-hydrogen) atoms. The van der Waals surface area contributed by atoms with Crippen LogP contribution in [0.5, 0.6) is 11.5 Å². The maximum absolute atomic E-state index is 14.7. The normalized spacial score (nSPS) is 29.4. The molecule has 3 fully saturated rings. The number of ether oxygens (including phenoxy) is 13. The van der Waals surface area contributed by atoms with Crippen molar-refractivity contribution >= 4 is 11.9 Å². The van der Waals surface area contributed by atoms with Crippen LogP contribution >= 0.6 is 0 Å². The number of rotatable bonds is 26. The zero-order chi connectivity index (χ0) is 56.6. The molecule has 0 bridgehead atoms. The van der Waals surface area contributed by atoms with Gasteiger partial charge in [0.2, 0.25) is 6.29 Å². The van der Waals surface area contributed by atoms with Gasteiger partial charge in [0.1, 0.15) is 35.9 Å². The van der Waals surface area contributed by atoms with Crippen molar-refractivity contribution in [3.8, 4) is 11.5 Å². The maximum Gasteiger partial charge on any atom is 0.366 e. The molecule has 5 aromatic carbocycles. The third-order valence-electron chi connectivity index (χ3n) is 15.9. The highest BCUT2D eigenvalue weighted by molar-refractivity contribution is 5.78. The molecular formula is C65H82O15. The second-order valence-corrected chi connectivity index (χ2v) is 21.6. The van der Waals surface area contributed by atoms with Gasteiger partial charge in [-0.05, 0) is 64.8 Å². The van der Waals surface area contributed by atoms with Crippen LogP contribution in [-0.4, -0.2) is 107 Å². The Morgan fingerprint density at radius 3 is 1.60 bits per heavy atom. The van der Waals surface area contributed by atoms with Gasteiger partial charge < -0.3 is 61.6 Å². The summed E-state index contributed by atoms with van der Waals surface area (Å²) in [6.45, 7) is 14.8. The van der Waals surface area contributed by atoms with Crippen LogP contribution in [0.25, 0.3) is 0 Å². The lowest BCUT2D eigenvalue weighted by Gasteiger charge is -2.53. The molecule has 8 rings (SSSR count). The van der Waals surface area contributed by atoms with Gasteiger partial charge in [-0.25, -0.2) is 4.79 Å². The Balaban J connectivity index is 1.20. The Bertz CT molecular complexity index is 2610. The molecule has 0 aliphatic carbocycles. The summed E-state index contributed by atoms with van der Waals surface area (Å²) in [6.07, 6.45) is -7.34. The lowest BCUT2D eigenvalue weighted by molar-refractivity contribution is -0.382. The van der Waals surface area contributed by atoms with E-state index in [4.69, 9.17) is 61.6 Å². The first kappa shape index (κ1) is 60.4. The van der Waals surface area contributed by atoms with Crippen molar-refractivity contribution in [1.82, 2.24) is 0 Å². The lowest BCUT2D eigenvalue weighted by Crippen LogP contribution is -2.65. The van der Waals surface area contributed by atoms with Crippen molar-refractivity contribution in [2.75, 3.05) is 27.4 Å². The molecule has 0 radical (unpaired) electrons. The van der Waals surface area contributed by atoms with Crippen LogP contribution < -0.4 is 9.47 Å². The summed E-state index contributed by atoms with van der Waals surface area (Å²) in [6, 6.07) is 46.9. The van der Waals surface area contributed by atoms with Crippen LogP contribution in [0.4, 0.5) is 0 Å². The topological polar surface area (TPSA) is 154 Å². The van der Waals surface area contributed by atoms with Gasteiger partial charge in [0.05, 0.1) is 78.3 Å². The van der Waals surface area contributed by atoms with E-state index in [1.54, 1.807) is 7.11 Å². The maximum atomic E-state index is 14.7. The summed E-state index contributed by atoms with van der Waals surface area (Å²) in [5.74, 6) is -3.24. The predicted octanol–water partition coefficient (Wildman–Crippen LogP) is 11.1. The molecule has 432 valence electrons. The van der Waals surface area contributed by atoms with E-state index in [1.165, 1.54) is 14.0 Å². The quantitative estimate of drug-likeness (QED) is 0.0482. The highest BCUT2D eigenvalue weighted by Gasteiger charge is 2.59. The molecule has 0 aromatic heterocycles. The molecule has 5 aromatic rings. The SMILES string of the molecule is CC[C@@H](OC(C)=O)[C@@H](C)[C@@H]1O[C@@](O[C@@H]2C(OCc3ccccc3)[C@H](O[C@@H]3C(COCc4ccccc4)O[C@H](Oc4ccc(OC)cc4)C(OCc4ccccc4)C3C)OC(COCc3ccccc3)[C@@H]2C)(C(=O)OC)CC(C)[C@@H]1C. The fourth-order valence-electron chi connectivity index (χ4n) is 11.2. The third kappa shape index (κ3) is 15.6. The van der Waals surface area contributed by atoms with Gasteiger partial charge in [-0.2, -0.15) is 0 Å². The van der Waals surface area contributed by atoms with E-state index in [2.05, 4.69) is 20.8 Å².